The number of imidazole rings is 1. The Balaban J connectivity index is 2.04. The molecule has 1 unspecified atom stereocenters. The molecule has 1 atom stereocenters. The van der Waals surface area contributed by atoms with Crippen LogP contribution in [0.3, 0.4) is 0 Å². The summed E-state index contributed by atoms with van der Waals surface area (Å²) in [5.41, 5.74) is 2.72. The summed E-state index contributed by atoms with van der Waals surface area (Å²) < 4.78 is 2.28. The van der Waals surface area contributed by atoms with Gasteiger partial charge in [0.25, 0.3) is 0 Å². The zero-order valence-electron chi connectivity index (χ0n) is 13.5. The van der Waals surface area contributed by atoms with Gasteiger partial charge in [-0.05, 0) is 38.3 Å². The molecule has 1 N–H and O–H groups in total. The van der Waals surface area contributed by atoms with Gasteiger partial charge in [0, 0.05) is 18.9 Å². The summed E-state index contributed by atoms with van der Waals surface area (Å²) in [6.45, 7) is 8.51. The standard InChI is InChI=1S/C18H27N3/c1-4-13-21-14-12-20-18(21)17(19-5-2)11-10-16-8-6-15(3)7-9-16/h6-9,12,14,17,19H,4-5,10-11,13H2,1-3H3. The first-order valence-corrected chi connectivity index (χ1v) is 8.04. The van der Waals surface area contributed by atoms with E-state index >= 15 is 0 Å². The van der Waals surface area contributed by atoms with E-state index < -0.39 is 0 Å². The van der Waals surface area contributed by atoms with Crippen molar-refractivity contribution in [2.75, 3.05) is 6.54 Å². The SMILES string of the molecule is CCCn1ccnc1C(CCc1ccc(C)cc1)NCC. The second kappa shape index (κ2) is 7.99. The lowest BCUT2D eigenvalue weighted by atomic mass is 10.0. The van der Waals surface area contributed by atoms with E-state index in [1.54, 1.807) is 0 Å². The monoisotopic (exact) mass is 285 g/mol. The minimum atomic E-state index is 0.331. The van der Waals surface area contributed by atoms with E-state index in [1.165, 1.54) is 17.0 Å². The van der Waals surface area contributed by atoms with Crippen LogP contribution in [0.1, 0.15) is 49.7 Å². The number of benzene rings is 1. The molecule has 0 saturated carbocycles. The van der Waals surface area contributed by atoms with Gasteiger partial charge in [-0.25, -0.2) is 4.98 Å². The minimum absolute atomic E-state index is 0.331. The van der Waals surface area contributed by atoms with E-state index in [9.17, 15) is 0 Å². The van der Waals surface area contributed by atoms with Crippen molar-refractivity contribution in [1.29, 1.82) is 0 Å². The first-order valence-electron chi connectivity index (χ1n) is 8.04. The number of nitrogens with one attached hydrogen (secondary N) is 1. The fourth-order valence-electron chi connectivity index (χ4n) is 2.70. The molecule has 0 amide bonds. The Morgan fingerprint density at radius 2 is 1.95 bits per heavy atom. The quantitative estimate of drug-likeness (QED) is 0.797. The summed E-state index contributed by atoms with van der Waals surface area (Å²) in [6, 6.07) is 9.18. The highest BCUT2D eigenvalue weighted by atomic mass is 15.1. The third kappa shape index (κ3) is 4.43. The van der Waals surface area contributed by atoms with E-state index in [1.807, 2.05) is 6.20 Å². The zero-order chi connectivity index (χ0) is 15.1. The van der Waals surface area contributed by atoms with Crippen molar-refractivity contribution < 1.29 is 0 Å². The van der Waals surface area contributed by atoms with Crippen LogP contribution in [-0.4, -0.2) is 16.1 Å². The average molecular weight is 285 g/mol. The summed E-state index contributed by atoms with van der Waals surface area (Å²) in [5, 5.41) is 3.58. The first kappa shape index (κ1) is 15.8. The van der Waals surface area contributed by atoms with Crippen molar-refractivity contribution in [3.05, 3.63) is 53.6 Å². The molecule has 0 aliphatic rings. The van der Waals surface area contributed by atoms with E-state index in [2.05, 4.69) is 66.1 Å². The number of nitrogens with zero attached hydrogens (tertiary/aromatic N) is 2. The smallest absolute Gasteiger partial charge is 0.125 e. The molecule has 0 spiro atoms. The van der Waals surface area contributed by atoms with Crippen molar-refractivity contribution in [3.63, 3.8) is 0 Å². The van der Waals surface area contributed by atoms with Crippen molar-refractivity contribution >= 4 is 0 Å². The van der Waals surface area contributed by atoms with Gasteiger partial charge >= 0.3 is 0 Å². The van der Waals surface area contributed by atoms with E-state index in [4.69, 9.17) is 0 Å². The van der Waals surface area contributed by atoms with Crippen LogP contribution < -0.4 is 5.32 Å². The second-order valence-electron chi connectivity index (χ2n) is 5.61. The highest BCUT2D eigenvalue weighted by Gasteiger charge is 2.15. The summed E-state index contributed by atoms with van der Waals surface area (Å²) in [4.78, 5) is 4.58. The fourth-order valence-corrected chi connectivity index (χ4v) is 2.70. The normalized spacial score (nSPS) is 12.5. The van der Waals surface area contributed by atoms with Gasteiger partial charge < -0.3 is 9.88 Å². The average Bonchev–Trinajstić information content (AvgIpc) is 2.94. The van der Waals surface area contributed by atoms with Crippen LogP contribution in [0.15, 0.2) is 36.7 Å². The third-order valence-corrected chi connectivity index (χ3v) is 3.82. The van der Waals surface area contributed by atoms with Gasteiger partial charge in [0.2, 0.25) is 0 Å². The molecule has 1 aromatic carbocycles. The van der Waals surface area contributed by atoms with Crippen LogP contribution in [0.4, 0.5) is 0 Å². The zero-order valence-corrected chi connectivity index (χ0v) is 13.5. The molecule has 21 heavy (non-hydrogen) atoms. The van der Waals surface area contributed by atoms with Crippen LogP contribution in [0.5, 0.6) is 0 Å². The predicted molar refractivity (Wildman–Crippen MR) is 88.4 cm³/mol. The Morgan fingerprint density at radius 3 is 2.62 bits per heavy atom. The molecule has 0 fully saturated rings. The Bertz CT molecular complexity index is 528. The number of hydrogen-bond acceptors (Lipinski definition) is 2. The Hall–Kier alpha value is -1.61. The van der Waals surface area contributed by atoms with E-state index in [0.717, 1.165) is 32.4 Å². The minimum Gasteiger partial charge on any atom is -0.334 e. The van der Waals surface area contributed by atoms with Crippen LogP contribution in [0, 0.1) is 6.92 Å². The molecular weight excluding hydrogens is 258 g/mol. The molecule has 0 bridgehead atoms. The number of rotatable bonds is 8. The maximum Gasteiger partial charge on any atom is 0.125 e. The van der Waals surface area contributed by atoms with Crippen molar-refractivity contribution in [3.8, 4) is 0 Å². The first-order chi connectivity index (χ1) is 10.2. The largest absolute Gasteiger partial charge is 0.334 e. The Labute approximate surface area is 128 Å². The second-order valence-corrected chi connectivity index (χ2v) is 5.61. The van der Waals surface area contributed by atoms with E-state index in [-0.39, 0.29) is 0 Å². The number of hydrogen-bond donors (Lipinski definition) is 1. The van der Waals surface area contributed by atoms with Gasteiger partial charge in [-0.2, -0.15) is 0 Å². The predicted octanol–water partition coefficient (Wildman–Crippen LogP) is 3.88. The highest BCUT2D eigenvalue weighted by molar-refractivity contribution is 5.21. The maximum absolute atomic E-state index is 4.58. The lowest BCUT2D eigenvalue weighted by Crippen LogP contribution is -2.25. The molecular formula is C18H27N3. The topological polar surface area (TPSA) is 29.9 Å². The molecule has 0 saturated heterocycles. The molecule has 3 nitrogen and oxygen atoms in total. The van der Waals surface area contributed by atoms with Gasteiger partial charge in [0.15, 0.2) is 0 Å². The van der Waals surface area contributed by atoms with Crippen LogP contribution in [0.2, 0.25) is 0 Å². The summed E-state index contributed by atoms with van der Waals surface area (Å²) in [7, 11) is 0. The molecule has 114 valence electrons. The van der Waals surface area contributed by atoms with Gasteiger partial charge in [-0.3, -0.25) is 0 Å². The fraction of sp³-hybridized carbons (Fsp3) is 0.500. The molecule has 0 aliphatic carbocycles. The molecule has 0 aliphatic heterocycles. The number of aryl methyl sites for hydroxylation is 3. The Morgan fingerprint density at radius 1 is 1.19 bits per heavy atom. The van der Waals surface area contributed by atoms with Gasteiger partial charge in [0.05, 0.1) is 6.04 Å². The van der Waals surface area contributed by atoms with E-state index in [0.29, 0.717) is 6.04 Å². The van der Waals surface area contributed by atoms with Gasteiger partial charge in [-0.1, -0.05) is 43.7 Å². The summed E-state index contributed by atoms with van der Waals surface area (Å²) >= 11 is 0. The number of aromatic nitrogens is 2. The van der Waals surface area contributed by atoms with Crippen molar-refractivity contribution in [2.45, 2.75) is 52.6 Å². The van der Waals surface area contributed by atoms with Crippen LogP contribution in [-0.2, 0) is 13.0 Å². The van der Waals surface area contributed by atoms with Gasteiger partial charge in [-0.15, -0.1) is 0 Å². The molecule has 2 rings (SSSR count). The van der Waals surface area contributed by atoms with Crippen LogP contribution in [0.25, 0.3) is 0 Å². The van der Waals surface area contributed by atoms with Crippen molar-refractivity contribution in [2.24, 2.45) is 0 Å². The molecule has 2 aromatic rings. The maximum atomic E-state index is 4.58. The highest BCUT2D eigenvalue weighted by Crippen LogP contribution is 2.18. The lowest BCUT2D eigenvalue weighted by Gasteiger charge is -2.19. The molecule has 0 radical (unpaired) electrons. The van der Waals surface area contributed by atoms with Gasteiger partial charge in [0.1, 0.15) is 5.82 Å². The summed E-state index contributed by atoms with van der Waals surface area (Å²) in [5.74, 6) is 1.17. The lowest BCUT2D eigenvalue weighted by molar-refractivity contribution is 0.463. The summed E-state index contributed by atoms with van der Waals surface area (Å²) in [6.07, 6.45) is 7.31. The molecule has 1 heterocycles. The Kier molecular flexibility index (Phi) is 6.00. The third-order valence-electron chi connectivity index (χ3n) is 3.82. The van der Waals surface area contributed by atoms with Crippen molar-refractivity contribution in [1.82, 2.24) is 14.9 Å². The molecule has 1 aromatic heterocycles. The van der Waals surface area contributed by atoms with Crippen LogP contribution >= 0.6 is 0 Å². The molecule has 3 heteroatoms.